The molecule has 1 unspecified atom stereocenters. The summed E-state index contributed by atoms with van der Waals surface area (Å²) in [5.74, 6) is 0.808. The van der Waals surface area contributed by atoms with E-state index in [9.17, 15) is 4.79 Å². The predicted octanol–water partition coefficient (Wildman–Crippen LogP) is 1.42. The van der Waals surface area contributed by atoms with Gasteiger partial charge in [-0.25, -0.2) is 0 Å². The smallest absolute Gasteiger partial charge is 0.227 e. The van der Waals surface area contributed by atoms with Gasteiger partial charge in [-0.2, -0.15) is 0 Å². The molecule has 136 valence electrons. The number of nitrogens with zero attached hydrogens (tertiary/aromatic N) is 2. The molecule has 1 atom stereocenters. The van der Waals surface area contributed by atoms with Crippen LogP contribution in [0.25, 0.3) is 0 Å². The number of likely N-dealkylation sites (N-methyl/N-ethyl adjacent to an activating group) is 1. The van der Waals surface area contributed by atoms with Crippen molar-refractivity contribution in [2.75, 3.05) is 39.8 Å². The summed E-state index contributed by atoms with van der Waals surface area (Å²) >= 11 is 0. The zero-order chi connectivity index (χ0) is 16.6. The lowest BCUT2D eigenvalue weighted by Crippen LogP contribution is -2.45. The normalized spacial score (nSPS) is 19.2. The van der Waals surface area contributed by atoms with E-state index >= 15 is 0 Å². The Kier molecular flexibility index (Phi) is 10.8. The van der Waals surface area contributed by atoms with Gasteiger partial charge in [-0.3, -0.25) is 14.7 Å². The number of aliphatic imine (C=N–C) groups is 1. The first-order valence-electron chi connectivity index (χ1n) is 8.43. The van der Waals surface area contributed by atoms with Crippen molar-refractivity contribution in [3.8, 4) is 0 Å². The van der Waals surface area contributed by atoms with Crippen LogP contribution in [0.4, 0.5) is 0 Å². The number of carbonyl (C=O) groups excluding carboxylic acids is 1. The molecule has 1 rings (SSSR count). The molecule has 23 heavy (non-hydrogen) atoms. The van der Waals surface area contributed by atoms with E-state index in [1.807, 2.05) is 13.8 Å². The largest absolute Gasteiger partial charge is 0.359 e. The number of amides is 1. The van der Waals surface area contributed by atoms with E-state index in [1.54, 1.807) is 7.05 Å². The molecule has 0 aromatic heterocycles. The lowest BCUT2D eigenvalue weighted by atomic mass is 9.93. The number of halogens is 1. The molecule has 1 saturated heterocycles. The van der Waals surface area contributed by atoms with E-state index in [0.717, 1.165) is 25.6 Å². The van der Waals surface area contributed by atoms with Crippen molar-refractivity contribution in [3.63, 3.8) is 0 Å². The minimum Gasteiger partial charge on any atom is -0.359 e. The predicted molar refractivity (Wildman–Crippen MR) is 108 cm³/mol. The standard InChI is InChI=1S/C16H33N5O.HI/c1-6-18-15(20-12-16(3,4)14(22)17-5)19-11-13-9-8-10-21(13)7-2;/h13H,6-12H2,1-5H3,(H,17,22)(H2,18,19,20);1H. The third-order valence-corrected chi connectivity index (χ3v) is 4.23. The maximum Gasteiger partial charge on any atom is 0.227 e. The minimum absolute atomic E-state index is 0. The second kappa shape index (κ2) is 11.1. The van der Waals surface area contributed by atoms with E-state index in [4.69, 9.17) is 0 Å². The van der Waals surface area contributed by atoms with Crippen LogP contribution in [0.2, 0.25) is 0 Å². The van der Waals surface area contributed by atoms with Crippen LogP contribution in [-0.2, 0) is 4.79 Å². The molecule has 3 N–H and O–H groups in total. The van der Waals surface area contributed by atoms with Crippen LogP contribution >= 0.6 is 24.0 Å². The van der Waals surface area contributed by atoms with Gasteiger partial charge in [-0.1, -0.05) is 6.92 Å². The van der Waals surface area contributed by atoms with Crippen molar-refractivity contribution in [1.82, 2.24) is 20.9 Å². The van der Waals surface area contributed by atoms with Crippen molar-refractivity contribution >= 4 is 35.8 Å². The Hall–Kier alpha value is -0.570. The van der Waals surface area contributed by atoms with E-state index in [1.165, 1.54) is 19.4 Å². The Morgan fingerprint density at radius 1 is 1.30 bits per heavy atom. The number of hydrogen-bond acceptors (Lipinski definition) is 3. The molecule has 1 aliphatic heterocycles. The molecule has 6 nitrogen and oxygen atoms in total. The van der Waals surface area contributed by atoms with Gasteiger partial charge in [0.2, 0.25) is 5.91 Å². The number of hydrogen-bond donors (Lipinski definition) is 3. The molecular formula is C16H34IN5O. The minimum atomic E-state index is -0.500. The molecule has 0 aliphatic carbocycles. The maximum atomic E-state index is 11.8. The lowest BCUT2D eigenvalue weighted by molar-refractivity contribution is -0.128. The van der Waals surface area contributed by atoms with Gasteiger partial charge < -0.3 is 16.0 Å². The Bertz CT molecular complexity index is 387. The van der Waals surface area contributed by atoms with Gasteiger partial charge in [0.25, 0.3) is 0 Å². The molecule has 1 fully saturated rings. The number of guanidine groups is 1. The van der Waals surface area contributed by atoms with Crippen molar-refractivity contribution in [2.24, 2.45) is 10.4 Å². The van der Waals surface area contributed by atoms with Crippen LogP contribution in [-0.4, -0.2) is 62.6 Å². The van der Waals surface area contributed by atoms with Crippen LogP contribution in [0.15, 0.2) is 4.99 Å². The van der Waals surface area contributed by atoms with Gasteiger partial charge in [0.05, 0.1) is 12.0 Å². The summed E-state index contributed by atoms with van der Waals surface area (Å²) in [5.41, 5.74) is -0.500. The van der Waals surface area contributed by atoms with Crippen LogP contribution in [0.3, 0.4) is 0 Å². The fourth-order valence-electron chi connectivity index (χ4n) is 2.79. The molecule has 0 aromatic carbocycles. The average molecular weight is 439 g/mol. The Labute approximate surface area is 158 Å². The van der Waals surface area contributed by atoms with E-state index in [0.29, 0.717) is 12.6 Å². The molecule has 0 radical (unpaired) electrons. The molecule has 1 amide bonds. The quantitative estimate of drug-likeness (QED) is 0.319. The Morgan fingerprint density at radius 2 is 2.00 bits per heavy atom. The number of nitrogens with one attached hydrogen (secondary N) is 3. The third-order valence-electron chi connectivity index (χ3n) is 4.23. The summed E-state index contributed by atoms with van der Waals surface area (Å²) < 4.78 is 0. The van der Waals surface area contributed by atoms with Gasteiger partial charge in [-0.15, -0.1) is 24.0 Å². The fourth-order valence-corrected chi connectivity index (χ4v) is 2.79. The first-order valence-corrected chi connectivity index (χ1v) is 8.43. The second-order valence-corrected chi connectivity index (χ2v) is 6.46. The van der Waals surface area contributed by atoms with E-state index < -0.39 is 5.41 Å². The summed E-state index contributed by atoms with van der Waals surface area (Å²) in [6, 6.07) is 0.584. The van der Waals surface area contributed by atoms with Crippen LogP contribution in [0.1, 0.15) is 40.5 Å². The lowest BCUT2D eigenvalue weighted by Gasteiger charge is -2.25. The Balaban J connectivity index is 0.00000484. The molecule has 0 bridgehead atoms. The van der Waals surface area contributed by atoms with Crippen molar-refractivity contribution in [3.05, 3.63) is 0 Å². The SMILES string of the molecule is CCNC(=NCC(C)(C)C(=O)NC)NCC1CCCN1CC.I. The molecule has 1 heterocycles. The average Bonchev–Trinajstić information content (AvgIpc) is 2.96. The summed E-state index contributed by atoms with van der Waals surface area (Å²) in [4.78, 5) is 18.9. The molecule has 1 aliphatic rings. The highest BCUT2D eigenvalue weighted by molar-refractivity contribution is 14.0. The van der Waals surface area contributed by atoms with Gasteiger partial charge >= 0.3 is 0 Å². The monoisotopic (exact) mass is 439 g/mol. The van der Waals surface area contributed by atoms with E-state index in [2.05, 4.69) is 39.7 Å². The zero-order valence-corrected chi connectivity index (χ0v) is 17.6. The molecule has 0 spiro atoms. The van der Waals surface area contributed by atoms with Gasteiger partial charge in [0.15, 0.2) is 5.96 Å². The molecule has 0 saturated carbocycles. The van der Waals surface area contributed by atoms with Crippen LogP contribution < -0.4 is 16.0 Å². The summed E-state index contributed by atoms with van der Waals surface area (Å²) in [6.45, 7) is 12.6. The van der Waals surface area contributed by atoms with Crippen LogP contribution in [0.5, 0.6) is 0 Å². The highest BCUT2D eigenvalue weighted by atomic mass is 127. The van der Waals surface area contributed by atoms with Crippen molar-refractivity contribution in [2.45, 2.75) is 46.6 Å². The summed E-state index contributed by atoms with van der Waals surface area (Å²) in [6.07, 6.45) is 2.52. The first kappa shape index (κ1) is 22.4. The van der Waals surface area contributed by atoms with Crippen molar-refractivity contribution < 1.29 is 4.79 Å². The first-order chi connectivity index (χ1) is 10.4. The fraction of sp³-hybridized carbons (Fsp3) is 0.875. The highest BCUT2D eigenvalue weighted by Crippen LogP contribution is 2.16. The van der Waals surface area contributed by atoms with E-state index in [-0.39, 0.29) is 29.9 Å². The maximum absolute atomic E-state index is 11.8. The van der Waals surface area contributed by atoms with Crippen LogP contribution in [0, 0.1) is 5.41 Å². The van der Waals surface area contributed by atoms with Gasteiger partial charge in [0.1, 0.15) is 0 Å². The number of likely N-dealkylation sites (tertiary alicyclic amines) is 1. The molecular weight excluding hydrogens is 405 g/mol. The van der Waals surface area contributed by atoms with Crippen molar-refractivity contribution in [1.29, 1.82) is 0 Å². The summed E-state index contributed by atoms with van der Waals surface area (Å²) in [5, 5.41) is 9.38. The summed E-state index contributed by atoms with van der Waals surface area (Å²) in [7, 11) is 1.66. The van der Waals surface area contributed by atoms with Gasteiger partial charge in [-0.05, 0) is 46.7 Å². The number of carbonyl (C=O) groups is 1. The highest BCUT2D eigenvalue weighted by Gasteiger charge is 2.27. The molecule has 0 aromatic rings. The van der Waals surface area contributed by atoms with Gasteiger partial charge in [0, 0.05) is 26.2 Å². The Morgan fingerprint density at radius 3 is 2.57 bits per heavy atom. The zero-order valence-electron chi connectivity index (χ0n) is 15.2. The number of rotatable bonds is 7. The topological polar surface area (TPSA) is 68.8 Å². The third kappa shape index (κ3) is 7.24. The second-order valence-electron chi connectivity index (χ2n) is 6.46. The molecule has 7 heteroatoms.